The van der Waals surface area contributed by atoms with Crippen LogP contribution in [0.15, 0.2) is 59.8 Å². The quantitative estimate of drug-likeness (QED) is 0.0257. The van der Waals surface area contributed by atoms with E-state index in [9.17, 15) is 63.6 Å². The predicted molar refractivity (Wildman–Crippen MR) is 349 cm³/mol. The molecule has 32 heteroatoms. The predicted octanol–water partition coefficient (Wildman–Crippen LogP) is -2.58. The molecule has 16 N–H and O–H groups in total. The summed E-state index contributed by atoms with van der Waals surface area (Å²) in [7, 11) is 2.38. The number of aliphatic hydroxyl groups is 3. The number of cyclic esters (lactones) is 1. The van der Waals surface area contributed by atoms with Gasteiger partial charge < -0.3 is 98.4 Å². The lowest BCUT2D eigenvalue weighted by atomic mass is 9.87. The summed E-state index contributed by atoms with van der Waals surface area (Å²) in [5.74, 6) is -18.2. The second-order valence-electron chi connectivity index (χ2n) is 24.8. The number of aromatic hydroxyl groups is 1. The zero-order chi connectivity index (χ0) is 73.3. The van der Waals surface area contributed by atoms with Crippen molar-refractivity contribution < 1.29 is 97.0 Å². The molecule has 97 heavy (non-hydrogen) atoms. The number of amides is 12. The number of phenolic OH excluding ortho intramolecular Hbond substituents is 1. The van der Waals surface area contributed by atoms with Crippen LogP contribution in [0.4, 0.5) is 0 Å². The number of benzene rings is 1. The summed E-state index contributed by atoms with van der Waals surface area (Å²) in [6.45, 7) is 15.5. The first-order chi connectivity index (χ1) is 45.5. The number of aliphatic hydroxyl groups excluding tert-OH is 3. The van der Waals surface area contributed by atoms with Gasteiger partial charge in [0.15, 0.2) is 0 Å². The Morgan fingerprint density at radius 3 is 2.00 bits per heavy atom. The monoisotopic (exact) mass is 1370 g/mol. The number of ether oxygens (including phenoxy) is 3. The molecule has 32 nitrogen and oxygen atoms in total. The number of hydrogen-bond donors (Lipinski definition) is 15. The van der Waals surface area contributed by atoms with Crippen molar-refractivity contribution in [1.29, 1.82) is 0 Å². The zero-order valence-corrected chi connectivity index (χ0v) is 57.5. The lowest BCUT2D eigenvalue weighted by Gasteiger charge is -2.40. The van der Waals surface area contributed by atoms with Crippen LogP contribution in [0.5, 0.6) is 5.75 Å². The average Bonchev–Trinajstić information content (AvgIpc) is 0.804. The highest BCUT2D eigenvalue weighted by Crippen LogP contribution is 2.29. The lowest BCUT2D eigenvalue weighted by Crippen LogP contribution is -2.64. The highest BCUT2D eigenvalue weighted by atomic mass is 16.5. The number of esters is 1. The van der Waals surface area contributed by atoms with Gasteiger partial charge in [0, 0.05) is 26.7 Å². The van der Waals surface area contributed by atoms with Crippen LogP contribution in [0.1, 0.15) is 120 Å². The fourth-order valence-electron chi connectivity index (χ4n) is 10.4. The fourth-order valence-corrected chi connectivity index (χ4v) is 10.4. The molecule has 17 atom stereocenters. The molecule has 1 aromatic carbocycles. The number of nitrogens with one attached hydrogen (secondary N) is 10. The topological polar surface area (TPSA) is 480 Å². The van der Waals surface area contributed by atoms with Crippen molar-refractivity contribution in [2.75, 3.05) is 40.5 Å². The van der Waals surface area contributed by atoms with Crippen LogP contribution < -0.4 is 58.9 Å². The van der Waals surface area contributed by atoms with E-state index in [1.807, 2.05) is 26.8 Å². The summed E-state index contributed by atoms with van der Waals surface area (Å²) < 4.78 is 17.3. The maximum atomic E-state index is 15.3. The van der Waals surface area contributed by atoms with Crippen molar-refractivity contribution in [3.8, 4) is 5.75 Å². The number of nitrogens with two attached hydrogens (primary N) is 1. The zero-order valence-electron chi connectivity index (χ0n) is 57.5. The van der Waals surface area contributed by atoms with Crippen LogP contribution in [-0.4, -0.2) is 215 Å². The van der Waals surface area contributed by atoms with Crippen molar-refractivity contribution in [2.45, 2.75) is 188 Å². The molecule has 3 rings (SSSR count). The van der Waals surface area contributed by atoms with Gasteiger partial charge >= 0.3 is 5.97 Å². The molecular formula is C65H100N12O20. The minimum atomic E-state index is -2.08. The van der Waals surface area contributed by atoms with E-state index in [4.69, 9.17) is 19.9 Å². The first-order valence-corrected chi connectivity index (χ1v) is 32.2. The standard InChI is InChI=1S/C65H100N12O20/c1-15-32(5)27-33(6)20-25-45(81)36(9)56(85)67-29-47(83)72-49(38(11)78)61(90)70-42(16-2)59(88)73-48(34(7)35(8)55(66)84)60(89)75-51-53(31(3)4)97-65(94)44-19-17-18-26-77(44)64(93)52(54(96-14)40-21-23-41(80)24-22-40)76-62(91)50(39(12)79)74-57(86)37(10)69-46(82)28-68-58(87)43(30-95-13)71-63(51)92/h16,20-25,27,31-32,34-39,43-45,48-54,78-81H,15,17-19,26,28-30H2,1-14H3,(H2,66,84)(H,67,85)(H,68,87)(H,69,82)(H,70,90)(H,71,92)(H,72,83)(H,73,88)(H,74,86)(H,75,89)(H,76,91)/b25-20-,33-27+,42-16-/t32?,34-,35+,36?,37-,38-,39-,43?,44-,45?,48-,49+,50?,51+,52-,53?,54?/m0/s1. The van der Waals surface area contributed by atoms with E-state index in [0.717, 1.165) is 37.0 Å². The summed E-state index contributed by atoms with van der Waals surface area (Å²) >= 11 is 0. The molecule has 0 aliphatic carbocycles. The Hall–Kier alpha value is -8.85. The van der Waals surface area contributed by atoms with Crippen molar-refractivity contribution >= 4 is 76.9 Å². The second kappa shape index (κ2) is 39.4. The number of primary amides is 1. The SMILES string of the molecule is C/C=C(\NC(=O)[C@H](NC(=O)CNC(=O)C(C)C(O)/C=C\C(C)=C\C(C)CC)[C@H](C)O)C(=O)N[C@H](C(=O)N[C@H]1C(=O)NC(COC)C(=O)NCC(=O)N[C@@H](C)C(=O)NC([C@H](C)O)C(=O)N[C@@H](C(OC)c2ccc(O)cc2)C(=O)N2CCCC[C@H]2C(=O)OC1C(C)C)[C@@H](C)[C@@H](C)C(N)=O. The number of piperidine rings is 1. The van der Waals surface area contributed by atoms with E-state index in [1.54, 1.807) is 6.08 Å². The Bertz CT molecular complexity index is 3050. The third-order valence-corrected chi connectivity index (χ3v) is 16.7. The Kier molecular flexibility index (Phi) is 33.4. The molecule has 2 aliphatic heterocycles. The third-order valence-electron chi connectivity index (χ3n) is 16.7. The van der Waals surface area contributed by atoms with Crippen LogP contribution in [-0.2, 0) is 76.5 Å². The molecule has 540 valence electrons. The third kappa shape index (κ3) is 24.6. The summed E-state index contributed by atoms with van der Waals surface area (Å²) in [5.41, 5.74) is 6.25. The van der Waals surface area contributed by atoms with Gasteiger partial charge in [0.05, 0.1) is 43.9 Å². The molecule has 0 radical (unpaired) electrons. The van der Waals surface area contributed by atoms with Gasteiger partial charge in [-0.3, -0.25) is 57.5 Å². The molecule has 0 saturated carbocycles. The van der Waals surface area contributed by atoms with E-state index < -0.39 is 205 Å². The molecule has 0 spiro atoms. The Labute approximate surface area is 564 Å². The molecule has 7 unspecified atom stereocenters. The van der Waals surface area contributed by atoms with Gasteiger partial charge in [-0.05, 0) is 89.3 Å². The first-order valence-electron chi connectivity index (χ1n) is 32.2. The van der Waals surface area contributed by atoms with E-state index in [2.05, 4.69) is 53.2 Å². The maximum Gasteiger partial charge on any atom is 0.329 e. The molecule has 2 fully saturated rings. The van der Waals surface area contributed by atoms with Crippen molar-refractivity contribution in [3.05, 3.63) is 65.4 Å². The highest BCUT2D eigenvalue weighted by Gasteiger charge is 2.46. The van der Waals surface area contributed by atoms with E-state index >= 15 is 19.2 Å². The minimum absolute atomic E-state index is 0.0777. The van der Waals surface area contributed by atoms with Crippen LogP contribution >= 0.6 is 0 Å². The number of methoxy groups -OCH3 is 2. The number of nitrogens with zero attached hydrogens (tertiary/aromatic N) is 1. The van der Waals surface area contributed by atoms with E-state index in [-0.39, 0.29) is 30.2 Å². The van der Waals surface area contributed by atoms with Gasteiger partial charge in [0.2, 0.25) is 65.0 Å². The van der Waals surface area contributed by atoms with Crippen LogP contribution in [0.2, 0.25) is 0 Å². The summed E-state index contributed by atoms with van der Waals surface area (Å²) in [4.78, 5) is 184. The van der Waals surface area contributed by atoms with Crippen LogP contribution in [0, 0.1) is 29.6 Å². The van der Waals surface area contributed by atoms with Crippen LogP contribution in [0.25, 0.3) is 0 Å². The Balaban J connectivity index is 2.15. The average molecular weight is 1370 g/mol. The van der Waals surface area contributed by atoms with Crippen molar-refractivity contribution in [2.24, 2.45) is 35.3 Å². The van der Waals surface area contributed by atoms with Gasteiger partial charge in [-0.1, -0.05) is 96.9 Å². The molecule has 2 saturated heterocycles. The van der Waals surface area contributed by atoms with Crippen molar-refractivity contribution in [3.63, 3.8) is 0 Å². The number of carbonyl (C=O) groups is 13. The summed E-state index contributed by atoms with van der Waals surface area (Å²) in [6, 6.07) is -8.62. The Morgan fingerprint density at radius 2 is 1.43 bits per heavy atom. The molecule has 2 heterocycles. The number of hydrogen-bond acceptors (Lipinski definition) is 20. The second-order valence-corrected chi connectivity index (χ2v) is 24.8. The normalized spacial score (nSPS) is 23.9. The van der Waals surface area contributed by atoms with Gasteiger partial charge in [0.25, 0.3) is 5.91 Å². The van der Waals surface area contributed by atoms with E-state index in [0.29, 0.717) is 12.8 Å². The first kappa shape index (κ1) is 82.4. The van der Waals surface area contributed by atoms with Gasteiger partial charge in [-0.15, -0.1) is 0 Å². The largest absolute Gasteiger partial charge is 0.508 e. The van der Waals surface area contributed by atoms with E-state index in [1.165, 1.54) is 92.8 Å². The molecule has 0 aromatic heterocycles. The molecular weight excluding hydrogens is 1270 g/mol. The molecule has 12 amide bonds. The minimum Gasteiger partial charge on any atom is -0.508 e. The number of rotatable bonds is 26. The maximum absolute atomic E-state index is 15.3. The lowest BCUT2D eigenvalue weighted by molar-refractivity contribution is -0.168. The van der Waals surface area contributed by atoms with Crippen molar-refractivity contribution in [1.82, 2.24) is 58.1 Å². The van der Waals surface area contributed by atoms with Gasteiger partial charge in [-0.25, -0.2) is 4.79 Å². The number of phenols is 1. The summed E-state index contributed by atoms with van der Waals surface area (Å²) in [6.07, 6.45) is -0.0395. The highest BCUT2D eigenvalue weighted by molar-refractivity contribution is 6.03. The fraction of sp³-hybridized carbons (Fsp3) is 0.615. The molecule has 0 bridgehead atoms. The van der Waals surface area contributed by atoms with Gasteiger partial charge in [0.1, 0.15) is 72.0 Å². The van der Waals surface area contributed by atoms with Crippen LogP contribution in [0.3, 0.4) is 0 Å². The Morgan fingerprint density at radius 1 is 0.794 bits per heavy atom. The molecule has 2 aliphatic rings. The number of fused-ring (bicyclic) bond motifs is 1. The number of carbonyl (C=O) groups excluding carboxylic acids is 13. The molecule has 1 aromatic rings. The summed E-state index contributed by atoms with van der Waals surface area (Å²) in [5, 5.41) is 66.4. The van der Waals surface area contributed by atoms with Gasteiger partial charge in [-0.2, -0.15) is 0 Å². The number of allylic oxidation sites excluding steroid dienone is 4. The smallest absolute Gasteiger partial charge is 0.329 e.